The second-order valence-electron chi connectivity index (χ2n) is 4.60. The van der Waals surface area contributed by atoms with Crippen LogP contribution in [0.4, 0.5) is 0 Å². The number of hydrogen-bond acceptors (Lipinski definition) is 4. The van der Waals surface area contributed by atoms with E-state index in [1.54, 1.807) is 14.2 Å². The summed E-state index contributed by atoms with van der Waals surface area (Å²) in [7, 11) is 3.25. The van der Waals surface area contributed by atoms with Gasteiger partial charge in [-0.3, -0.25) is 5.84 Å². The monoisotopic (exact) mass is 272 g/mol. The standard InChI is InChI=1S/C16H20N2O2/c1-11-6-4-7-12(10-11)15(18-17)13-8-5-9-14(19-2)16(13)20-3/h4-10,15,18H,17H2,1-3H3. The minimum absolute atomic E-state index is 0.153. The van der Waals surface area contributed by atoms with Crippen molar-refractivity contribution in [2.75, 3.05) is 14.2 Å². The van der Waals surface area contributed by atoms with Gasteiger partial charge in [-0.2, -0.15) is 0 Å². The lowest BCUT2D eigenvalue weighted by molar-refractivity contribution is 0.349. The van der Waals surface area contributed by atoms with Gasteiger partial charge in [0.2, 0.25) is 0 Å². The zero-order valence-corrected chi connectivity index (χ0v) is 12.0. The molecular weight excluding hydrogens is 252 g/mol. The van der Waals surface area contributed by atoms with E-state index in [-0.39, 0.29) is 6.04 Å². The van der Waals surface area contributed by atoms with Gasteiger partial charge in [0, 0.05) is 5.56 Å². The number of benzene rings is 2. The van der Waals surface area contributed by atoms with E-state index < -0.39 is 0 Å². The molecule has 4 nitrogen and oxygen atoms in total. The third kappa shape index (κ3) is 2.76. The van der Waals surface area contributed by atoms with Crippen molar-refractivity contribution in [2.45, 2.75) is 13.0 Å². The molecular formula is C16H20N2O2. The molecule has 0 aliphatic rings. The lowest BCUT2D eigenvalue weighted by Crippen LogP contribution is -2.29. The molecule has 0 fully saturated rings. The van der Waals surface area contributed by atoms with Gasteiger partial charge >= 0.3 is 0 Å². The van der Waals surface area contributed by atoms with E-state index in [0.717, 1.165) is 11.1 Å². The van der Waals surface area contributed by atoms with Crippen LogP contribution >= 0.6 is 0 Å². The Labute approximate surface area is 119 Å². The van der Waals surface area contributed by atoms with Crippen molar-refractivity contribution in [2.24, 2.45) is 5.84 Å². The number of rotatable bonds is 5. The van der Waals surface area contributed by atoms with Crippen molar-refractivity contribution >= 4 is 0 Å². The first-order valence-corrected chi connectivity index (χ1v) is 6.44. The van der Waals surface area contributed by atoms with E-state index in [9.17, 15) is 0 Å². The van der Waals surface area contributed by atoms with Crippen molar-refractivity contribution in [1.82, 2.24) is 5.43 Å². The molecule has 0 radical (unpaired) electrons. The largest absolute Gasteiger partial charge is 0.493 e. The van der Waals surface area contributed by atoms with Crippen molar-refractivity contribution < 1.29 is 9.47 Å². The number of hydrogen-bond donors (Lipinski definition) is 2. The Kier molecular flexibility index (Phi) is 4.61. The molecule has 0 spiro atoms. The molecule has 2 aromatic rings. The molecule has 1 atom stereocenters. The quantitative estimate of drug-likeness (QED) is 0.649. The minimum atomic E-state index is -0.153. The van der Waals surface area contributed by atoms with Gasteiger partial charge in [-0.15, -0.1) is 0 Å². The van der Waals surface area contributed by atoms with E-state index in [4.69, 9.17) is 15.3 Å². The molecule has 20 heavy (non-hydrogen) atoms. The highest BCUT2D eigenvalue weighted by Gasteiger charge is 2.19. The van der Waals surface area contributed by atoms with Crippen LogP contribution in [-0.4, -0.2) is 14.2 Å². The normalized spacial score (nSPS) is 12.0. The fraction of sp³-hybridized carbons (Fsp3) is 0.250. The number of nitrogens with two attached hydrogens (primary N) is 1. The summed E-state index contributed by atoms with van der Waals surface area (Å²) < 4.78 is 10.8. The Balaban J connectivity index is 2.52. The highest BCUT2D eigenvalue weighted by Crippen LogP contribution is 2.36. The summed E-state index contributed by atoms with van der Waals surface area (Å²) >= 11 is 0. The number of hydrazine groups is 1. The molecule has 4 heteroatoms. The number of ether oxygens (including phenoxy) is 2. The van der Waals surface area contributed by atoms with Gasteiger partial charge in [-0.05, 0) is 18.6 Å². The number of para-hydroxylation sites is 1. The Morgan fingerprint density at radius 3 is 2.40 bits per heavy atom. The lowest BCUT2D eigenvalue weighted by atomic mass is 9.97. The molecule has 106 valence electrons. The van der Waals surface area contributed by atoms with Crippen LogP contribution in [0, 0.1) is 6.92 Å². The summed E-state index contributed by atoms with van der Waals surface area (Å²) in [6, 6.07) is 13.8. The summed E-state index contributed by atoms with van der Waals surface area (Å²) in [5.74, 6) is 7.14. The Morgan fingerprint density at radius 2 is 1.80 bits per heavy atom. The summed E-state index contributed by atoms with van der Waals surface area (Å²) in [4.78, 5) is 0. The number of nitrogens with one attached hydrogen (secondary N) is 1. The first-order valence-electron chi connectivity index (χ1n) is 6.44. The maximum absolute atomic E-state index is 5.76. The van der Waals surface area contributed by atoms with Crippen molar-refractivity contribution in [1.29, 1.82) is 0 Å². The van der Waals surface area contributed by atoms with Crippen LogP contribution in [-0.2, 0) is 0 Å². The maximum atomic E-state index is 5.76. The molecule has 0 saturated heterocycles. The summed E-state index contributed by atoms with van der Waals surface area (Å²) in [5, 5.41) is 0. The topological polar surface area (TPSA) is 56.5 Å². The summed E-state index contributed by atoms with van der Waals surface area (Å²) in [6.07, 6.45) is 0. The van der Waals surface area contributed by atoms with E-state index in [1.165, 1.54) is 5.56 Å². The third-order valence-electron chi connectivity index (χ3n) is 3.29. The predicted molar refractivity (Wildman–Crippen MR) is 79.9 cm³/mol. The van der Waals surface area contributed by atoms with Crippen molar-refractivity contribution in [3.05, 3.63) is 59.2 Å². The van der Waals surface area contributed by atoms with Gasteiger partial charge in [0.05, 0.1) is 20.3 Å². The molecule has 0 aliphatic carbocycles. The molecule has 0 heterocycles. The molecule has 2 aromatic carbocycles. The van der Waals surface area contributed by atoms with E-state index in [0.29, 0.717) is 11.5 Å². The average Bonchev–Trinajstić information content (AvgIpc) is 2.47. The van der Waals surface area contributed by atoms with Gasteiger partial charge in [-0.25, -0.2) is 5.43 Å². The fourth-order valence-electron chi connectivity index (χ4n) is 2.35. The number of aryl methyl sites for hydroxylation is 1. The molecule has 1 unspecified atom stereocenters. The van der Waals surface area contributed by atoms with Crippen LogP contribution in [0.3, 0.4) is 0 Å². The van der Waals surface area contributed by atoms with Crippen molar-refractivity contribution in [3.63, 3.8) is 0 Å². The van der Waals surface area contributed by atoms with E-state index in [1.807, 2.05) is 30.3 Å². The summed E-state index contributed by atoms with van der Waals surface area (Å²) in [5.41, 5.74) is 6.06. The zero-order chi connectivity index (χ0) is 14.5. The molecule has 0 aromatic heterocycles. The van der Waals surface area contributed by atoms with Crippen LogP contribution in [0.5, 0.6) is 11.5 Å². The second-order valence-corrected chi connectivity index (χ2v) is 4.60. The molecule has 2 rings (SSSR count). The average molecular weight is 272 g/mol. The smallest absolute Gasteiger partial charge is 0.165 e. The minimum Gasteiger partial charge on any atom is -0.493 e. The Morgan fingerprint density at radius 1 is 1.05 bits per heavy atom. The zero-order valence-electron chi connectivity index (χ0n) is 12.0. The van der Waals surface area contributed by atoms with Crippen LogP contribution in [0.1, 0.15) is 22.7 Å². The van der Waals surface area contributed by atoms with Gasteiger partial charge < -0.3 is 9.47 Å². The van der Waals surface area contributed by atoms with Crippen LogP contribution in [0.25, 0.3) is 0 Å². The van der Waals surface area contributed by atoms with Crippen LogP contribution in [0.15, 0.2) is 42.5 Å². The van der Waals surface area contributed by atoms with Crippen molar-refractivity contribution in [3.8, 4) is 11.5 Å². The van der Waals surface area contributed by atoms with Gasteiger partial charge in [0.25, 0.3) is 0 Å². The first-order chi connectivity index (χ1) is 9.71. The van der Waals surface area contributed by atoms with Crippen LogP contribution in [0.2, 0.25) is 0 Å². The molecule has 0 aliphatic heterocycles. The fourth-order valence-corrected chi connectivity index (χ4v) is 2.35. The molecule has 0 saturated carbocycles. The van der Waals surface area contributed by atoms with Gasteiger partial charge in [0.1, 0.15) is 0 Å². The van der Waals surface area contributed by atoms with Crippen LogP contribution < -0.4 is 20.7 Å². The summed E-state index contributed by atoms with van der Waals surface area (Å²) in [6.45, 7) is 2.06. The van der Waals surface area contributed by atoms with Gasteiger partial charge in [-0.1, -0.05) is 42.0 Å². The predicted octanol–water partition coefficient (Wildman–Crippen LogP) is 2.56. The maximum Gasteiger partial charge on any atom is 0.165 e. The highest BCUT2D eigenvalue weighted by molar-refractivity contribution is 5.50. The first kappa shape index (κ1) is 14.4. The SMILES string of the molecule is COc1cccc(C(NN)c2cccc(C)c2)c1OC. The van der Waals surface area contributed by atoms with E-state index >= 15 is 0 Å². The number of methoxy groups -OCH3 is 2. The Hall–Kier alpha value is -2.04. The molecule has 0 bridgehead atoms. The molecule has 0 amide bonds. The molecule has 3 N–H and O–H groups in total. The third-order valence-corrected chi connectivity index (χ3v) is 3.29. The Bertz CT molecular complexity index is 584. The highest BCUT2D eigenvalue weighted by atomic mass is 16.5. The van der Waals surface area contributed by atoms with E-state index in [2.05, 4.69) is 24.5 Å². The second kappa shape index (κ2) is 6.41. The van der Waals surface area contributed by atoms with Gasteiger partial charge in [0.15, 0.2) is 11.5 Å². The lowest BCUT2D eigenvalue weighted by Gasteiger charge is -2.21.